The molecule has 1 aliphatic rings. The molecule has 0 unspecified atom stereocenters. The number of halogens is 3. The van der Waals surface area contributed by atoms with Crippen LogP contribution in [0, 0.1) is 0 Å². The Bertz CT molecular complexity index is 344. The van der Waals surface area contributed by atoms with Gasteiger partial charge in [-0.25, -0.2) is 0 Å². The van der Waals surface area contributed by atoms with Crippen LogP contribution in [-0.2, 0) is 10.3 Å². The average Bonchev–Trinajstić information content (AvgIpc) is 2.30. The number of hydrogen-bond donors (Lipinski definition) is 1. The summed E-state index contributed by atoms with van der Waals surface area (Å²) in [5.41, 5.74) is -2.05. The van der Waals surface area contributed by atoms with Gasteiger partial charge in [0.25, 0.3) is 0 Å². The molecule has 0 aromatic heterocycles. The highest BCUT2D eigenvalue weighted by Crippen LogP contribution is 2.42. The summed E-state index contributed by atoms with van der Waals surface area (Å²) in [5, 5.41) is 2.74. The number of nitrogens with one attached hydrogen (secondary N) is 1. The monoisotopic (exact) mass is 231 g/mol. The Hall–Kier alpha value is -1.07. The maximum absolute atomic E-state index is 13.1. The van der Waals surface area contributed by atoms with E-state index in [-0.39, 0.29) is 18.7 Å². The normalized spacial score (nSPS) is 26.7. The van der Waals surface area contributed by atoms with Crippen LogP contribution in [0.2, 0.25) is 0 Å². The SMILES string of the molecule is FC(F)(F)[C@]1(c2ccccc2)CNCCO1. The minimum Gasteiger partial charge on any atom is -0.358 e. The summed E-state index contributed by atoms with van der Waals surface area (Å²) in [6.45, 7) is 0.277. The van der Waals surface area contributed by atoms with Crippen molar-refractivity contribution in [1.82, 2.24) is 5.32 Å². The van der Waals surface area contributed by atoms with Gasteiger partial charge in [0.2, 0.25) is 5.60 Å². The lowest BCUT2D eigenvalue weighted by Crippen LogP contribution is -2.56. The number of benzene rings is 1. The van der Waals surface area contributed by atoms with Crippen LogP contribution in [0.3, 0.4) is 0 Å². The lowest BCUT2D eigenvalue weighted by atomic mass is 9.91. The van der Waals surface area contributed by atoms with Gasteiger partial charge < -0.3 is 10.1 Å². The van der Waals surface area contributed by atoms with Crippen LogP contribution < -0.4 is 5.32 Å². The van der Waals surface area contributed by atoms with E-state index >= 15 is 0 Å². The number of rotatable bonds is 1. The van der Waals surface area contributed by atoms with Crippen LogP contribution in [0.1, 0.15) is 5.56 Å². The molecule has 1 aliphatic heterocycles. The first kappa shape index (κ1) is 11.4. The number of morpholine rings is 1. The Labute approximate surface area is 91.4 Å². The van der Waals surface area contributed by atoms with E-state index in [0.717, 1.165) is 0 Å². The van der Waals surface area contributed by atoms with E-state index in [1.807, 2.05) is 0 Å². The molecular weight excluding hydrogens is 219 g/mol. The first-order valence-electron chi connectivity index (χ1n) is 5.03. The zero-order chi connectivity index (χ0) is 11.6. The van der Waals surface area contributed by atoms with Crippen molar-refractivity contribution >= 4 is 0 Å². The van der Waals surface area contributed by atoms with Gasteiger partial charge in [-0.05, 0) is 5.56 Å². The average molecular weight is 231 g/mol. The molecule has 1 atom stereocenters. The zero-order valence-corrected chi connectivity index (χ0v) is 8.55. The Morgan fingerprint density at radius 2 is 1.88 bits per heavy atom. The molecule has 1 aromatic carbocycles. The summed E-state index contributed by atoms with van der Waals surface area (Å²) in [5.74, 6) is 0. The van der Waals surface area contributed by atoms with Gasteiger partial charge in [-0.15, -0.1) is 0 Å². The van der Waals surface area contributed by atoms with Gasteiger partial charge in [-0.1, -0.05) is 30.3 Å². The predicted molar refractivity (Wildman–Crippen MR) is 53.0 cm³/mol. The molecule has 16 heavy (non-hydrogen) atoms. The molecule has 1 saturated heterocycles. The molecule has 0 spiro atoms. The van der Waals surface area contributed by atoms with Crippen molar-refractivity contribution in [2.75, 3.05) is 19.7 Å². The molecule has 1 fully saturated rings. The van der Waals surface area contributed by atoms with Gasteiger partial charge in [0, 0.05) is 13.1 Å². The fraction of sp³-hybridized carbons (Fsp3) is 0.455. The Morgan fingerprint density at radius 3 is 2.38 bits per heavy atom. The first-order chi connectivity index (χ1) is 7.56. The summed E-state index contributed by atoms with van der Waals surface area (Å²) in [4.78, 5) is 0. The van der Waals surface area contributed by atoms with Crippen LogP contribution in [0.25, 0.3) is 0 Å². The molecule has 0 amide bonds. The third kappa shape index (κ3) is 1.81. The molecule has 0 bridgehead atoms. The fourth-order valence-corrected chi connectivity index (χ4v) is 1.85. The number of ether oxygens (including phenoxy) is 1. The molecule has 2 rings (SSSR count). The second-order valence-corrected chi connectivity index (χ2v) is 3.72. The van der Waals surface area contributed by atoms with Gasteiger partial charge in [0.15, 0.2) is 0 Å². The molecule has 5 heteroatoms. The molecule has 0 aliphatic carbocycles. The summed E-state index contributed by atoms with van der Waals surface area (Å²) in [7, 11) is 0. The molecule has 1 heterocycles. The van der Waals surface area contributed by atoms with Gasteiger partial charge in [0.1, 0.15) is 0 Å². The molecule has 1 N–H and O–H groups in total. The van der Waals surface area contributed by atoms with Crippen molar-refractivity contribution in [3.63, 3.8) is 0 Å². The second-order valence-electron chi connectivity index (χ2n) is 3.72. The van der Waals surface area contributed by atoms with Crippen molar-refractivity contribution in [2.45, 2.75) is 11.8 Å². The van der Waals surface area contributed by atoms with Crippen molar-refractivity contribution in [3.8, 4) is 0 Å². The van der Waals surface area contributed by atoms with Gasteiger partial charge in [-0.3, -0.25) is 0 Å². The molecule has 2 nitrogen and oxygen atoms in total. The van der Waals surface area contributed by atoms with E-state index in [1.54, 1.807) is 18.2 Å². The van der Waals surface area contributed by atoms with Crippen molar-refractivity contribution in [2.24, 2.45) is 0 Å². The standard InChI is InChI=1S/C11H12F3NO/c12-11(13,14)10(8-15-6-7-16-10)9-4-2-1-3-5-9/h1-5,15H,6-8H2/t10-/m1/s1. The van der Waals surface area contributed by atoms with Gasteiger partial charge >= 0.3 is 6.18 Å². The maximum Gasteiger partial charge on any atom is 0.422 e. The second kappa shape index (κ2) is 4.07. The third-order valence-corrected chi connectivity index (χ3v) is 2.70. The van der Waals surface area contributed by atoms with Crippen LogP contribution >= 0.6 is 0 Å². The Balaban J connectivity index is 2.42. The summed E-state index contributed by atoms with van der Waals surface area (Å²) in [6, 6.07) is 7.74. The van der Waals surface area contributed by atoms with Crippen LogP contribution in [0.15, 0.2) is 30.3 Å². The lowest BCUT2D eigenvalue weighted by Gasteiger charge is -2.39. The van der Waals surface area contributed by atoms with Gasteiger partial charge in [0.05, 0.1) is 6.61 Å². The van der Waals surface area contributed by atoms with Crippen LogP contribution in [-0.4, -0.2) is 25.9 Å². The highest BCUT2D eigenvalue weighted by Gasteiger charge is 2.57. The van der Waals surface area contributed by atoms with Crippen LogP contribution in [0.4, 0.5) is 13.2 Å². The maximum atomic E-state index is 13.1. The zero-order valence-electron chi connectivity index (χ0n) is 8.55. The quantitative estimate of drug-likeness (QED) is 0.798. The smallest absolute Gasteiger partial charge is 0.358 e. The molecule has 0 saturated carbocycles. The largest absolute Gasteiger partial charge is 0.422 e. The van der Waals surface area contributed by atoms with Crippen molar-refractivity contribution in [3.05, 3.63) is 35.9 Å². The van der Waals surface area contributed by atoms with E-state index in [2.05, 4.69) is 5.32 Å². The minimum absolute atomic E-state index is 0.0639. The third-order valence-electron chi connectivity index (χ3n) is 2.70. The number of alkyl halides is 3. The van der Waals surface area contributed by atoms with Crippen molar-refractivity contribution < 1.29 is 17.9 Å². The van der Waals surface area contributed by atoms with Crippen LogP contribution in [0.5, 0.6) is 0 Å². The molecule has 1 aromatic rings. The minimum atomic E-state index is -4.41. The Kier molecular flexibility index (Phi) is 2.90. The fourth-order valence-electron chi connectivity index (χ4n) is 1.85. The molecule has 0 radical (unpaired) electrons. The molecular formula is C11H12F3NO. The van der Waals surface area contributed by atoms with E-state index in [9.17, 15) is 13.2 Å². The lowest BCUT2D eigenvalue weighted by molar-refractivity contribution is -0.290. The Morgan fingerprint density at radius 1 is 1.19 bits per heavy atom. The topological polar surface area (TPSA) is 21.3 Å². The van der Waals surface area contributed by atoms with E-state index in [4.69, 9.17) is 4.74 Å². The summed E-state index contributed by atoms with van der Waals surface area (Å²) >= 11 is 0. The number of hydrogen-bond acceptors (Lipinski definition) is 2. The summed E-state index contributed by atoms with van der Waals surface area (Å²) < 4.78 is 44.4. The predicted octanol–water partition coefficient (Wildman–Crippen LogP) is 2.06. The molecule has 88 valence electrons. The highest BCUT2D eigenvalue weighted by molar-refractivity contribution is 5.25. The van der Waals surface area contributed by atoms with E-state index in [0.29, 0.717) is 6.54 Å². The van der Waals surface area contributed by atoms with Crippen molar-refractivity contribution in [1.29, 1.82) is 0 Å². The van der Waals surface area contributed by atoms with E-state index < -0.39 is 11.8 Å². The first-order valence-corrected chi connectivity index (χ1v) is 5.03. The summed E-state index contributed by atoms with van der Waals surface area (Å²) in [6.07, 6.45) is -4.41. The van der Waals surface area contributed by atoms with E-state index in [1.165, 1.54) is 12.1 Å². The highest BCUT2D eigenvalue weighted by atomic mass is 19.4. The van der Waals surface area contributed by atoms with Gasteiger partial charge in [-0.2, -0.15) is 13.2 Å².